The number of carbonyl (C=O) groups is 2. The summed E-state index contributed by atoms with van der Waals surface area (Å²) in [5, 5.41) is 7.86. The summed E-state index contributed by atoms with van der Waals surface area (Å²) in [6.07, 6.45) is 1.09. The third-order valence-electron chi connectivity index (χ3n) is 4.54. The lowest BCUT2D eigenvalue weighted by Crippen LogP contribution is -2.55. The lowest BCUT2D eigenvalue weighted by atomic mass is 10.1. The Hall–Kier alpha value is -2.32. The number of hydrogen-bond donors (Lipinski definition) is 0. The van der Waals surface area contributed by atoms with Gasteiger partial charge in [-0.05, 0) is 33.6 Å². The topological polar surface area (TPSA) is 92.0 Å². The molecule has 0 aromatic carbocycles. The van der Waals surface area contributed by atoms with Crippen molar-refractivity contribution in [2.24, 2.45) is 0 Å². The van der Waals surface area contributed by atoms with Gasteiger partial charge in [0.2, 0.25) is 11.8 Å². The van der Waals surface area contributed by atoms with Gasteiger partial charge < -0.3 is 19.0 Å². The summed E-state index contributed by atoms with van der Waals surface area (Å²) >= 11 is 0. The van der Waals surface area contributed by atoms with E-state index in [-0.39, 0.29) is 5.91 Å². The van der Waals surface area contributed by atoms with Gasteiger partial charge >= 0.3 is 12.1 Å². The molecule has 2 aliphatic rings. The van der Waals surface area contributed by atoms with E-state index < -0.39 is 17.7 Å². The largest absolute Gasteiger partial charge is 0.444 e. The molecule has 26 heavy (non-hydrogen) atoms. The van der Waals surface area contributed by atoms with Gasteiger partial charge in [-0.25, -0.2) is 4.79 Å². The van der Waals surface area contributed by atoms with Crippen LogP contribution in [-0.4, -0.2) is 76.4 Å². The van der Waals surface area contributed by atoms with Gasteiger partial charge in [-0.2, -0.15) is 0 Å². The van der Waals surface area contributed by atoms with E-state index in [9.17, 15) is 9.59 Å². The smallest absolute Gasteiger partial charge is 0.410 e. The Balaban J connectivity index is 1.58. The number of anilines is 1. The molecule has 0 N–H and O–H groups in total. The highest BCUT2D eigenvalue weighted by atomic mass is 16.6. The van der Waals surface area contributed by atoms with Crippen LogP contribution < -0.4 is 4.90 Å². The quantitative estimate of drug-likeness (QED) is 0.783. The maximum atomic E-state index is 12.9. The molecule has 9 heteroatoms. The number of aryl methyl sites for hydroxylation is 1. The number of amides is 2. The van der Waals surface area contributed by atoms with Crippen LogP contribution in [0.15, 0.2) is 4.42 Å². The fourth-order valence-electron chi connectivity index (χ4n) is 3.31. The molecule has 9 nitrogen and oxygen atoms in total. The number of nitrogens with zero attached hydrogens (tertiary/aromatic N) is 5. The predicted octanol–water partition coefficient (Wildman–Crippen LogP) is 1.43. The van der Waals surface area contributed by atoms with E-state index in [0.717, 1.165) is 6.42 Å². The standard InChI is InChI=1S/C17H27N5O4/c1-12-18-19-15(25-12)21-10-8-20(9-11-21)14(23)13-6-5-7-22(13)16(24)26-17(2,3)4/h13H,5-11H2,1-4H3. The molecule has 0 saturated carbocycles. The lowest BCUT2D eigenvalue weighted by Gasteiger charge is -2.36. The first-order chi connectivity index (χ1) is 12.2. The first kappa shape index (κ1) is 18.5. The van der Waals surface area contributed by atoms with Gasteiger partial charge in [0, 0.05) is 39.6 Å². The first-order valence-electron chi connectivity index (χ1n) is 9.08. The van der Waals surface area contributed by atoms with Crippen molar-refractivity contribution in [2.45, 2.75) is 52.2 Å². The van der Waals surface area contributed by atoms with E-state index >= 15 is 0 Å². The molecular weight excluding hydrogens is 338 g/mol. The van der Waals surface area contributed by atoms with Crippen LogP contribution in [0.1, 0.15) is 39.5 Å². The fourth-order valence-corrected chi connectivity index (χ4v) is 3.31. The summed E-state index contributed by atoms with van der Waals surface area (Å²) in [5.74, 6) is 0.521. The number of likely N-dealkylation sites (tertiary alicyclic amines) is 1. The Morgan fingerprint density at radius 3 is 2.38 bits per heavy atom. The van der Waals surface area contributed by atoms with Crippen LogP contribution in [-0.2, 0) is 9.53 Å². The van der Waals surface area contributed by atoms with Crippen molar-refractivity contribution >= 4 is 18.0 Å². The summed E-state index contributed by atoms with van der Waals surface area (Å²) in [7, 11) is 0. The van der Waals surface area contributed by atoms with Gasteiger partial charge in [-0.3, -0.25) is 9.69 Å². The maximum Gasteiger partial charge on any atom is 0.410 e. The van der Waals surface area contributed by atoms with Crippen LogP contribution in [0.2, 0.25) is 0 Å². The highest BCUT2D eigenvalue weighted by Gasteiger charge is 2.39. The Morgan fingerprint density at radius 1 is 1.12 bits per heavy atom. The highest BCUT2D eigenvalue weighted by Crippen LogP contribution is 2.23. The van der Waals surface area contributed by atoms with Crippen LogP contribution in [0.5, 0.6) is 0 Å². The van der Waals surface area contributed by atoms with Crippen LogP contribution in [0.25, 0.3) is 0 Å². The molecule has 1 atom stereocenters. The molecule has 1 aromatic heterocycles. The SMILES string of the molecule is Cc1nnc(N2CCN(C(=O)C3CCCN3C(=O)OC(C)(C)C)CC2)o1. The molecule has 1 aromatic rings. The van der Waals surface area contributed by atoms with Crippen molar-refractivity contribution in [3.8, 4) is 0 Å². The van der Waals surface area contributed by atoms with Gasteiger partial charge in [0.05, 0.1) is 0 Å². The molecule has 3 heterocycles. The van der Waals surface area contributed by atoms with E-state index in [1.165, 1.54) is 0 Å². The van der Waals surface area contributed by atoms with Crippen molar-refractivity contribution in [2.75, 3.05) is 37.6 Å². The molecule has 0 spiro atoms. The predicted molar refractivity (Wildman–Crippen MR) is 93.8 cm³/mol. The molecule has 0 bridgehead atoms. The van der Waals surface area contributed by atoms with Crippen molar-refractivity contribution in [3.05, 3.63) is 5.89 Å². The molecule has 2 amide bonds. The minimum absolute atomic E-state index is 0.00489. The maximum absolute atomic E-state index is 12.9. The summed E-state index contributed by atoms with van der Waals surface area (Å²) in [5.41, 5.74) is -0.568. The number of hydrogen-bond acceptors (Lipinski definition) is 7. The lowest BCUT2D eigenvalue weighted by molar-refractivity contribution is -0.136. The summed E-state index contributed by atoms with van der Waals surface area (Å²) in [6, 6.07) is 0.0629. The Labute approximate surface area is 153 Å². The van der Waals surface area contributed by atoms with Gasteiger partial charge in [0.25, 0.3) is 0 Å². The van der Waals surface area contributed by atoms with Gasteiger partial charge in [0.15, 0.2) is 0 Å². The van der Waals surface area contributed by atoms with E-state index in [2.05, 4.69) is 10.2 Å². The van der Waals surface area contributed by atoms with Crippen molar-refractivity contribution in [1.82, 2.24) is 20.0 Å². The molecule has 1 unspecified atom stereocenters. The zero-order valence-electron chi connectivity index (χ0n) is 15.9. The molecule has 3 rings (SSSR count). The summed E-state index contributed by atoms with van der Waals surface area (Å²) in [6.45, 7) is 10.2. The fraction of sp³-hybridized carbons (Fsp3) is 0.765. The third-order valence-corrected chi connectivity index (χ3v) is 4.54. The molecule has 2 fully saturated rings. The van der Waals surface area contributed by atoms with Crippen molar-refractivity contribution in [3.63, 3.8) is 0 Å². The average molecular weight is 365 g/mol. The molecule has 144 valence electrons. The second-order valence-electron chi connectivity index (χ2n) is 7.75. The number of ether oxygens (including phenoxy) is 1. The summed E-state index contributed by atoms with van der Waals surface area (Å²) < 4.78 is 10.9. The first-order valence-corrected chi connectivity index (χ1v) is 9.08. The number of piperazine rings is 1. The van der Waals surface area contributed by atoms with E-state index in [1.807, 2.05) is 30.6 Å². The molecular formula is C17H27N5O4. The minimum Gasteiger partial charge on any atom is -0.444 e. The second kappa shape index (κ2) is 7.13. The normalized spacial score (nSPS) is 21.2. The van der Waals surface area contributed by atoms with Gasteiger partial charge in [-0.15, -0.1) is 5.10 Å². The zero-order chi connectivity index (χ0) is 18.9. The number of aromatic nitrogens is 2. The Kier molecular flexibility index (Phi) is 5.06. The molecule has 0 radical (unpaired) electrons. The number of carbonyl (C=O) groups excluding carboxylic acids is 2. The van der Waals surface area contributed by atoms with E-state index in [4.69, 9.17) is 9.15 Å². The van der Waals surface area contributed by atoms with Crippen LogP contribution in [0.4, 0.5) is 10.8 Å². The van der Waals surface area contributed by atoms with Crippen molar-refractivity contribution < 1.29 is 18.7 Å². The minimum atomic E-state index is -0.568. The highest BCUT2D eigenvalue weighted by molar-refractivity contribution is 5.86. The summed E-state index contributed by atoms with van der Waals surface area (Å²) in [4.78, 5) is 30.7. The Bertz CT molecular complexity index is 660. The Morgan fingerprint density at radius 2 is 1.81 bits per heavy atom. The van der Waals surface area contributed by atoms with E-state index in [1.54, 1.807) is 11.8 Å². The number of rotatable bonds is 2. The van der Waals surface area contributed by atoms with Crippen LogP contribution in [0.3, 0.4) is 0 Å². The van der Waals surface area contributed by atoms with Gasteiger partial charge in [0.1, 0.15) is 11.6 Å². The second-order valence-corrected chi connectivity index (χ2v) is 7.75. The molecule has 0 aliphatic carbocycles. The van der Waals surface area contributed by atoms with Crippen LogP contribution in [0, 0.1) is 6.92 Å². The average Bonchev–Trinajstić information content (AvgIpc) is 3.22. The monoisotopic (exact) mass is 365 g/mol. The molecule has 2 saturated heterocycles. The zero-order valence-corrected chi connectivity index (χ0v) is 15.9. The van der Waals surface area contributed by atoms with E-state index in [0.29, 0.717) is 51.0 Å². The third kappa shape index (κ3) is 4.08. The van der Waals surface area contributed by atoms with Crippen LogP contribution >= 0.6 is 0 Å². The molecule has 2 aliphatic heterocycles. The van der Waals surface area contributed by atoms with Crippen molar-refractivity contribution in [1.29, 1.82) is 0 Å². The van der Waals surface area contributed by atoms with Gasteiger partial charge in [-0.1, -0.05) is 5.10 Å².